The Morgan fingerprint density at radius 2 is 2.31 bits per heavy atom. The van der Waals surface area contributed by atoms with Gasteiger partial charge in [-0.1, -0.05) is 18.7 Å². The van der Waals surface area contributed by atoms with Crippen molar-refractivity contribution in [3.63, 3.8) is 0 Å². The van der Waals surface area contributed by atoms with E-state index in [1.165, 1.54) is 11.8 Å². The van der Waals surface area contributed by atoms with Crippen LogP contribution >= 0.6 is 23.5 Å². The molecule has 1 N–H and O–H groups in total. The minimum absolute atomic E-state index is 0.633. The van der Waals surface area contributed by atoms with Gasteiger partial charge in [0, 0.05) is 11.8 Å². The molecule has 1 atom stereocenters. The topological polar surface area (TPSA) is 48.2 Å². The second-order valence-corrected chi connectivity index (χ2v) is 4.53. The van der Waals surface area contributed by atoms with Crippen LogP contribution in [0.25, 0.3) is 0 Å². The standard InChI is InChI=1S/C8H15N3S2/c1-7(12-2)4-5-10-8(13-3)11-6-9/h7H,4-5H2,1-3H3,(H,10,11). The van der Waals surface area contributed by atoms with Gasteiger partial charge >= 0.3 is 0 Å². The van der Waals surface area contributed by atoms with E-state index in [2.05, 4.69) is 23.5 Å². The summed E-state index contributed by atoms with van der Waals surface area (Å²) in [5, 5.41) is 12.2. The van der Waals surface area contributed by atoms with E-state index in [0.717, 1.165) is 13.0 Å². The fraction of sp³-hybridized carbons (Fsp3) is 0.750. The predicted molar refractivity (Wildman–Crippen MR) is 62.2 cm³/mol. The zero-order chi connectivity index (χ0) is 10.1. The van der Waals surface area contributed by atoms with Gasteiger partial charge in [-0.05, 0) is 18.9 Å². The van der Waals surface area contributed by atoms with Gasteiger partial charge in [0.1, 0.15) is 0 Å². The number of thioether (sulfide) groups is 2. The van der Waals surface area contributed by atoms with Gasteiger partial charge in [-0.2, -0.15) is 17.0 Å². The average Bonchev–Trinajstić information content (AvgIpc) is 2.16. The highest BCUT2D eigenvalue weighted by molar-refractivity contribution is 8.13. The van der Waals surface area contributed by atoms with Crippen LogP contribution in [0.3, 0.4) is 0 Å². The molecule has 0 fully saturated rings. The van der Waals surface area contributed by atoms with Gasteiger partial charge in [0.15, 0.2) is 11.4 Å². The van der Waals surface area contributed by atoms with Crippen molar-refractivity contribution >= 4 is 28.7 Å². The van der Waals surface area contributed by atoms with Crippen LogP contribution in [0.1, 0.15) is 13.3 Å². The van der Waals surface area contributed by atoms with Crippen molar-refractivity contribution in [3.8, 4) is 6.19 Å². The Balaban J connectivity index is 3.74. The van der Waals surface area contributed by atoms with Crippen molar-refractivity contribution in [1.29, 1.82) is 5.26 Å². The summed E-state index contributed by atoms with van der Waals surface area (Å²) in [6, 6.07) is 0. The van der Waals surface area contributed by atoms with Gasteiger partial charge < -0.3 is 0 Å². The SMILES string of the molecule is CSC(=NCCC(C)SC)NC#N. The molecule has 0 spiro atoms. The molecule has 5 heteroatoms. The Kier molecular flexibility index (Phi) is 8.05. The molecule has 0 rings (SSSR count). The number of nitrogens with zero attached hydrogens (tertiary/aromatic N) is 2. The summed E-state index contributed by atoms with van der Waals surface area (Å²) < 4.78 is 0. The van der Waals surface area contributed by atoms with Crippen molar-refractivity contribution < 1.29 is 0 Å². The second kappa shape index (κ2) is 8.27. The van der Waals surface area contributed by atoms with Gasteiger partial charge in [-0.3, -0.25) is 10.3 Å². The van der Waals surface area contributed by atoms with Crippen LogP contribution in [0.4, 0.5) is 0 Å². The lowest BCUT2D eigenvalue weighted by molar-refractivity contribution is 0.825. The first-order valence-electron chi connectivity index (χ1n) is 4.01. The lowest BCUT2D eigenvalue weighted by Crippen LogP contribution is -2.14. The van der Waals surface area contributed by atoms with Crippen LogP contribution in [0.2, 0.25) is 0 Å². The fourth-order valence-corrected chi connectivity index (χ4v) is 1.38. The number of hydrogen-bond acceptors (Lipinski definition) is 4. The van der Waals surface area contributed by atoms with Gasteiger partial charge in [0.2, 0.25) is 0 Å². The average molecular weight is 217 g/mol. The summed E-state index contributed by atoms with van der Waals surface area (Å²) in [5.74, 6) is 0. The third-order valence-corrected chi connectivity index (χ3v) is 3.21. The van der Waals surface area contributed by atoms with Gasteiger partial charge in [0.25, 0.3) is 0 Å². The molecule has 0 saturated heterocycles. The molecule has 0 amide bonds. The molecular formula is C8H15N3S2. The number of aliphatic imine (C=N–C) groups is 1. The minimum Gasteiger partial charge on any atom is -0.272 e. The number of nitrogens with one attached hydrogen (secondary N) is 1. The zero-order valence-corrected chi connectivity index (χ0v) is 9.84. The highest BCUT2D eigenvalue weighted by Crippen LogP contribution is 2.09. The molecule has 0 aromatic carbocycles. The summed E-state index contributed by atoms with van der Waals surface area (Å²) in [4.78, 5) is 4.25. The van der Waals surface area contributed by atoms with Crippen LogP contribution in [-0.4, -0.2) is 29.5 Å². The van der Waals surface area contributed by atoms with Gasteiger partial charge in [-0.15, -0.1) is 0 Å². The maximum atomic E-state index is 8.36. The molecule has 0 bridgehead atoms. The maximum absolute atomic E-state index is 8.36. The predicted octanol–water partition coefficient (Wildman–Crippen LogP) is 1.92. The van der Waals surface area contributed by atoms with E-state index in [9.17, 15) is 0 Å². The Morgan fingerprint density at radius 3 is 2.77 bits per heavy atom. The van der Waals surface area contributed by atoms with E-state index in [0.29, 0.717) is 10.4 Å². The summed E-state index contributed by atoms with van der Waals surface area (Å²) in [7, 11) is 0. The normalized spacial score (nSPS) is 13.5. The van der Waals surface area contributed by atoms with Crippen molar-refractivity contribution in [2.75, 3.05) is 19.1 Å². The third-order valence-electron chi connectivity index (χ3n) is 1.55. The molecule has 0 aromatic rings. The number of amidine groups is 1. The van der Waals surface area contributed by atoms with E-state index >= 15 is 0 Å². The van der Waals surface area contributed by atoms with E-state index in [-0.39, 0.29) is 0 Å². The molecular weight excluding hydrogens is 202 g/mol. The van der Waals surface area contributed by atoms with Crippen molar-refractivity contribution in [1.82, 2.24) is 5.32 Å². The lowest BCUT2D eigenvalue weighted by atomic mass is 10.3. The molecule has 0 radical (unpaired) electrons. The second-order valence-electron chi connectivity index (χ2n) is 2.46. The molecule has 0 aliphatic carbocycles. The smallest absolute Gasteiger partial charge is 0.183 e. The molecule has 0 heterocycles. The first-order valence-corrected chi connectivity index (χ1v) is 6.52. The first-order chi connectivity index (χ1) is 6.24. The van der Waals surface area contributed by atoms with Crippen LogP contribution in [0.5, 0.6) is 0 Å². The molecule has 13 heavy (non-hydrogen) atoms. The summed E-state index contributed by atoms with van der Waals surface area (Å²) in [6.45, 7) is 2.96. The van der Waals surface area contributed by atoms with Gasteiger partial charge in [0.05, 0.1) is 0 Å². The molecule has 74 valence electrons. The fourth-order valence-electron chi connectivity index (χ4n) is 0.669. The molecule has 0 aliphatic heterocycles. The zero-order valence-electron chi connectivity index (χ0n) is 8.20. The van der Waals surface area contributed by atoms with E-state index in [4.69, 9.17) is 5.26 Å². The highest BCUT2D eigenvalue weighted by Gasteiger charge is 1.98. The largest absolute Gasteiger partial charge is 0.272 e. The number of rotatable bonds is 4. The summed E-state index contributed by atoms with van der Waals surface area (Å²) in [6.07, 6.45) is 6.92. The van der Waals surface area contributed by atoms with Crippen molar-refractivity contribution in [3.05, 3.63) is 0 Å². The van der Waals surface area contributed by atoms with Gasteiger partial charge in [-0.25, -0.2) is 0 Å². The monoisotopic (exact) mass is 217 g/mol. The van der Waals surface area contributed by atoms with E-state index in [1.807, 2.05) is 24.2 Å². The highest BCUT2D eigenvalue weighted by atomic mass is 32.2. The van der Waals surface area contributed by atoms with Crippen molar-refractivity contribution in [2.24, 2.45) is 4.99 Å². The number of nitriles is 1. The quantitative estimate of drug-likeness (QED) is 0.338. The minimum atomic E-state index is 0.633. The molecule has 0 aromatic heterocycles. The molecule has 3 nitrogen and oxygen atoms in total. The first kappa shape index (κ1) is 12.7. The third kappa shape index (κ3) is 6.79. The Bertz CT molecular complexity index is 198. The molecule has 0 saturated carbocycles. The van der Waals surface area contributed by atoms with Crippen LogP contribution in [-0.2, 0) is 0 Å². The van der Waals surface area contributed by atoms with E-state index in [1.54, 1.807) is 0 Å². The Morgan fingerprint density at radius 1 is 1.62 bits per heavy atom. The lowest BCUT2D eigenvalue weighted by Gasteiger charge is -2.05. The van der Waals surface area contributed by atoms with Crippen molar-refractivity contribution in [2.45, 2.75) is 18.6 Å². The summed E-state index contributed by atoms with van der Waals surface area (Å²) >= 11 is 3.30. The maximum Gasteiger partial charge on any atom is 0.183 e. The Hall–Kier alpha value is -0.340. The number of hydrogen-bond donors (Lipinski definition) is 1. The van der Waals surface area contributed by atoms with Crippen LogP contribution < -0.4 is 5.32 Å². The molecule has 1 unspecified atom stereocenters. The van der Waals surface area contributed by atoms with Crippen LogP contribution in [0.15, 0.2) is 4.99 Å². The Labute approximate surface area is 88.4 Å². The van der Waals surface area contributed by atoms with Crippen LogP contribution in [0, 0.1) is 11.5 Å². The molecule has 0 aliphatic rings. The van der Waals surface area contributed by atoms with E-state index < -0.39 is 0 Å². The summed E-state index contributed by atoms with van der Waals surface area (Å²) in [5.41, 5.74) is 0.